The summed E-state index contributed by atoms with van der Waals surface area (Å²) < 4.78 is 33.1. The Balaban J connectivity index is 2.21. The van der Waals surface area contributed by atoms with Gasteiger partial charge in [0.1, 0.15) is 23.1 Å². The number of nitrogens with zero attached hydrogens (tertiary/aromatic N) is 2. The second-order valence-electron chi connectivity index (χ2n) is 8.95. The minimum absolute atomic E-state index is 0.140. The second kappa shape index (κ2) is 6.33. The molecule has 1 saturated heterocycles. The topological polar surface area (TPSA) is 73.5 Å². The summed E-state index contributed by atoms with van der Waals surface area (Å²) in [5.74, 6) is -0.710. The zero-order chi connectivity index (χ0) is 21.1. The van der Waals surface area contributed by atoms with E-state index in [1.165, 1.54) is 18.3 Å². The van der Waals surface area contributed by atoms with Gasteiger partial charge in [0.25, 0.3) is 0 Å². The lowest BCUT2D eigenvalue weighted by Gasteiger charge is -2.32. The predicted molar refractivity (Wildman–Crippen MR) is 104 cm³/mol. The molecule has 2 aromatic rings. The molecule has 0 radical (unpaired) electrons. The van der Waals surface area contributed by atoms with Crippen LogP contribution in [0.3, 0.4) is 0 Å². The van der Waals surface area contributed by atoms with Crippen LogP contribution < -0.4 is 5.46 Å². The third-order valence-electron chi connectivity index (χ3n) is 5.16. The van der Waals surface area contributed by atoms with Gasteiger partial charge < -0.3 is 14.0 Å². The van der Waals surface area contributed by atoms with E-state index < -0.39 is 35.8 Å². The highest BCUT2D eigenvalue weighted by Crippen LogP contribution is 2.37. The predicted octanol–water partition coefficient (Wildman–Crippen LogP) is 3.73. The van der Waals surface area contributed by atoms with Crippen LogP contribution in [-0.4, -0.2) is 34.6 Å². The van der Waals surface area contributed by atoms with Crippen molar-refractivity contribution in [2.24, 2.45) is 0 Å². The van der Waals surface area contributed by atoms with Gasteiger partial charge in [0.15, 0.2) is 0 Å². The van der Waals surface area contributed by atoms with Gasteiger partial charge in [-0.25, -0.2) is 9.18 Å². The van der Waals surface area contributed by atoms with Crippen molar-refractivity contribution >= 4 is 29.6 Å². The number of ether oxygens (including phenoxy) is 1. The molecule has 0 saturated carbocycles. The zero-order valence-corrected chi connectivity index (χ0v) is 17.2. The highest BCUT2D eigenvalue weighted by Gasteiger charge is 2.52. The molecule has 0 atom stereocenters. The smallest absolute Gasteiger partial charge is 0.443 e. The molecule has 0 bridgehead atoms. The van der Waals surface area contributed by atoms with E-state index >= 15 is 0 Å². The van der Waals surface area contributed by atoms with E-state index in [0.29, 0.717) is 10.8 Å². The summed E-state index contributed by atoms with van der Waals surface area (Å²) in [4.78, 5) is 12.8. The third-order valence-corrected chi connectivity index (χ3v) is 5.16. The monoisotopic (exact) mass is 386 g/mol. The van der Waals surface area contributed by atoms with Gasteiger partial charge in [0, 0.05) is 17.0 Å². The molecule has 0 aliphatic carbocycles. The first-order valence-corrected chi connectivity index (χ1v) is 9.10. The van der Waals surface area contributed by atoms with Crippen LogP contribution in [0.2, 0.25) is 0 Å². The van der Waals surface area contributed by atoms with Crippen LogP contribution in [0.5, 0.6) is 0 Å². The molecule has 2 heterocycles. The lowest BCUT2D eigenvalue weighted by atomic mass is 9.79. The van der Waals surface area contributed by atoms with Crippen LogP contribution in [0.1, 0.15) is 54.0 Å². The van der Waals surface area contributed by atoms with Crippen molar-refractivity contribution < 1.29 is 23.2 Å². The fourth-order valence-electron chi connectivity index (χ4n) is 3.04. The van der Waals surface area contributed by atoms with E-state index in [-0.39, 0.29) is 11.1 Å². The highest BCUT2D eigenvalue weighted by molar-refractivity contribution is 6.65. The summed E-state index contributed by atoms with van der Waals surface area (Å²) in [5, 5.41) is 9.98. The SMILES string of the molecule is CC(C)(C)OC(=O)n1cc(B2OC(C)(C)C(C)(C)O2)c2ccc(F)c(C#N)c21. The third kappa shape index (κ3) is 3.29. The highest BCUT2D eigenvalue weighted by atomic mass is 19.1. The van der Waals surface area contributed by atoms with Crippen molar-refractivity contribution in [2.45, 2.75) is 65.3 Å². The molecule has 1 aromatic carbocycles. The lowest BCUT2D eigenvalue weighted by molar-refractivity contribution is 0.00578. The Hall–Kier alpha value is -2.37. The van der Waals surface area contributed by atoms with Gasteiger partial charge in [-0.3, -0.25) is 4.57 Å². The van der Waals surface area contributed by atoms with Crippen LogP contribution in [0.15, 0.2) is 18.3 Å². The first kappa shape index (κ1) is 20.4. The number of hydrogen-bond acceptors (Lipinski definition) is 5. The molecule has 148 valence electrons. The van der Waals surface area contributed by atoms with Crippen LogP contribution in [0, 0.1) is 17.1 Å². The summed E-state index contributed by atoms with van der Waals surface area (Å²) >= 11 is 0. The summed E-state index contributed by atoms with van der Waals surface area (Å²) in [6, 6.07) is 4.57. The number of halogens is 1. The van der Waals surface area contributed by atoms with Crippen LogP contribution in [0.25, 0.3) is 10.9 Å². The van der Waals surface area contributed by atoms with Crippen LogP contribution in [0.4, 0.5) is 9.18 Å². The summed E-state index contributed by atoms with van der Waals surface area (Å²) in [5.41, 5.74) is -1.48. The van der Waals surface area contributed by atoms with E-state index in [0.717, 1.165) is 4.57 Å². The molecule has 1 aliphatic heterocycles. The maximum atomic E-state index is 14.3. The Morgan fingerprint density at radius 1 is 1.21 bits per heavy atom. The molecule has 0 amide bonds. The van der Waals surface area contributed by atoms with Crippen molar-refractivity contribution in [1.82, 2.24) is 4.57 Å². The largest absolute Gasteiger partial charge is 0.497 e. The molecule has 8 heteroatoms. The molecule has 1 aromatic heterocycles. The van der Waals surface area contributed by atoms with Crippen molar-refractivity contribution in [3.05, 3.63) is 29.7 Å². The minimum atomic E-state index is -0.770. The minimum Gasteiger partial charge on any atom is -0.443 e. The molecule has 6 nitrogen and oxygen atoms in total. The van der Waals surface area contributed by atoms with Gasteiger partial charge in [0.05, 0.1) is 16.7 Å². The Morgan fingerprint density at radius 2 is 1.79 bits per heavy atom. The van der Waals surface area contributed by atoms with Gasteiger partial charge in [0.2, 0.25) is 0 Å². The Bertz CT molecular complexity index is 982. The Kier molecular flexibility index (Phi) is 4.60. The van der Waals surface area contributed by atoms with E-state index in [9.17, 15) is 14.4 Å². The quantitative estimate of drug-likeness (QED) is 0.699. The molecule has 0 unspecified atom stereocenters. The molecule has 28 heavy (non-hydrogen) atoms. The summed E-state index contributed by atoms with van der Waals surface area (Å²) in [6.45, 7) is 12.9. The molecule has 0 N–H and O–H groups in total. The number of aromatic nitrogens is 1. The molecule has 1 aliphatic rings. The first-order chi connectivity index (χ1) is 12.8. The van der Waals surface area contributed by atoms with Crippen LogP contribution in [-0.2, 0) is 14.0 Å². The number of rotatable bonds is 1. The van der Waals surface area contributed by atoms with Gasteiger partial charge >= 0.3 is 13.2 Å². The summed E-state index contributed by atoms with van der Waals surface area (Å²) in [7, 11) is -0.770. The van der Waals surface area contributed by atoms with Crippen molar-refractivity contribution in [3.8, 4) is 6.07 Å². The number of hydrogen-bond donors (Lipinski definition) is 0. The average molecular weight is 386 g/mol. The number of fused-ring (bicyclic) bond motifs is 1. The number of carbonyl (C=O) groups is 1. The van der Waals surface area contributed by atoms with E-state index in [4.69, 9.17) is 14.0 Å². The molecule has 3 rings (SSSR count). The number of carbonyl (C=O) groups excluding carboxylic acids is 1. The average Bonchev–Trinajstić information content (AvgIpc) is 3.00. The van der Waals surface area contributed by atoms with Gasteiger partial charge in [-0.1, -0.05) is 6.07 Å². The normalized spacial score (nSPS) is 18.3. The van der Waals surface area contributed by atoms with Crippen molar-refractivity contribution in [2.75, 3.05) is 0 Å². The Morgan fingerprint density at radius 3 is 2.29 bits per heavy atom. The van der Waals surface area contributed by atoms with E-state index in [1.54, 1.807) is 20.8 Å². The van der Waals surface area contributed by atoms with E-state index in [2.05, 4.69) is 0 Å². The number of nitriles is 1. The van der Waals surface area contributed by atoms with Crippen LogP contribution >= 0.6 is 0 Å². The van der Waals surface area contributed by atoms with Gasteiger partial charge in [-0.2, -0.15) is 5.26 Å². The van der Waals surface area contributed by atoms with Crippen molar-refractivity contribution in [1.29, 1.82) is 5.26 Å². The maximum Gasteiger partial charge on any atom is 0.497 e. The Labute approximate surface area is 164 Å². The molecular weight excluding hydrogens is 362 g/mol. The fourth-order valence-corrected chi connectivity index (χ4v) is 3.04. The number of benzene rings is 1. The van der Waals surface area contributed by atoms with Gasteiger partial charge in [-0.15, -0.1) is 0 Å². The molecule has 1 fully saturated rings. The van der Waals surface area contributed by atoms with Crippen molar-refractivity contribution in [3.63, 3.8) is 0 Å². The molecule has 0 spiro atoms. The van der Waals surface area contributed by atoms with E-state index in [1.807, 2.05) is 33.8 Å². The lowest BCUT2D eigenvalue weighted by Crippen LogP contribution is -2.41. The zero-order valence-electron chi connectivity index (χ0n) is 17.2. The fraction of sp³-hybridized carbons (Fsp3) is 0.500. The van der Waals surface area contributed by atoms with Gasteiger partial charge in [-0.05, 0) is 54.5 Å². The standard InChI is InChI=1S/C20H24BFN2O4/c1-18(2,3)26-17(25)24-11-14(21-27-19(4,5)20(6,7)28-21)12-8-9-15(22)13(10-23)16(12)24/h8-9,11H,1-7H3. The second-order valence-corrected chi connectivity index (χ2v) is 8.95. The summed E-state index contributed by atoms with van der Waals surface area (Å²) in [6.07, 6.45) is 0.795. The molecular formula is C20H24BFN2O4. The first-order valence-electron chi connectivity index (χ1n) is 9.10. The maximum absolute atomic E-state index is 14.3.